The number of hydrogen-bond donors (Lipinski definition) is 2. The fourth-order valence-corrected chi connectivity index (χ4v) is 3.66. The quantitative estimate of drug-likeness (QED) is 0.391. The second-order valence-corrected chi connectivity index (χ2v) is 7.81. The first kappa shape index (κ1) is 19.8. The Balaban J connectivity index is 1.65. The van der Waals surface area contributed by atoms with E-state index in [4.69, 9.17) is 4.74 Å². The Morgan fingerprint density at radius 3 is 2.40 bits per heavy atom. The molecule has 0 spiro atoms. The number of hydrogen-bond acceptors (Lipinski definition) is 2. The molecule has 0 amide bonds. The number of aromatic amines is 1. The van der Waals surface area contributed by atoms with Crippen molar-refractivity contribution in [1.82, 2.24) is 4.98 Å². The first-order chi connectivity index (χ1) is 14.5. The molecule has 2 N–H and O–H groups in total. The summed E-state index contributed by atoms with van der Waals surface area (Å²) in [5, 5.41) is 10.5. The summed E-state index contributed by atoms with van der Waals surface area (Å²) < 4.78 is 5.87. The van der Waals surface area contributed by atoms with Gasteiger partial charge in [0, 0.05) is 10.9 Å². The van der Waals surface area contributed by atoms with Gasteiger partial charge in [0.2, 0.25) is 0 Å². The maximum absolute atomic E-state index is 11.6. The van der Waals surface area contributed by atoms with Crippen molar-refractivity contribution in [2.75, 3.05) is 0 Å². The van der Waals surface area contributed by atoms with Crippen molar-refractivity contribution in [2.24, 2.45) is 0 Å². The van der Waals surface area contributed by atoms with Gasteiger partial charge in [0.05, 0.1) is 12.1 Å². The molecule has 4 aromatic rings. The van der Waals surface area contributed by atoms with E-state index in [1.54, 1.807) is 0 Å². The van der Waals surface area contributed by atoms with Gasteiger partial charge in [0.25, 0.3) is 0 Å². The Morgan fingerprint density at radius 2 is 1.73 bits per heavy atom. The fourth-order valence-electron chi connectivity index (χ4n) is 3.66. The lowest BCUT2D eigenvalue weighted by Crippen LogP contribution is -2.01. The van der Waals surface area contributed by atoms with Gasteiger partial charge in [-0.15, -0.1) is 0 Å². The molecular weight excluding hydrogens is 374 g/mol. The van der Waals surface area contributed by atoms with Gasteiger partial charge in [0.15, 0.2) is 0 Å². The van der Waals surface area contributed by atoms with Crippen LogP contribution >= 0.6 is 0 Å². The molecule has 4 heteroatoms. The molecule has 4 rings (SSSR count). The summed E-state index contributed by atoms with van der Waals surface area (Å²) in [6, 6.07) is 24.1. The lowest BCUT2D eigenvalue weighted by atomic mass is 9.98. The standard InChI is InChI=1S/C26H25NO3/c1-17(2)20-10-13-24-22(14-20)23(15-25(28)29)26(27-24)19-8-11-21(12-9-19)30-16-18-6-4-3-5-7-18/h3-14,17,27H,15-16H2,1-2H3,(H,28,29). The van der Waals surface area contributed by atoms with Crippen molar-refractivity contribution in [2.45, 2.75) is 32.8 Å². The average Bonchev–Trinajstić information content (AvgIpc) is 3.10. The number of H-pyrrole nitrogens is 1. The highest BCUT2D eigenvalue weighted by Gasteiger charge is 2.17. The van der Waals surface area contributed by atoms with Crippen molar-refractivity contribution in [3.8, 4) is 17.0 Å². The number of ether oxygens (including phenoxy) is 1. The van der Waals surface area contributed by atoms with Crippen LogP contribution in [0.1, 0.15) is 36.5 Å². The van der Waals surface area contributed by atoms with Gasteiger partial charge in [-0.3, -0.25) is 4.79 Å². The predicted molar refractivity (Wildman–Crippen MR) is 120 cm³/mol. The van der Waals surface area contributed by atoms with Crippen LogP contribution in [0.15, 0.2) is 72.8 Å². The molecule has 0 atom stereocenters. The Hall–Kier alpha value is -3.53. The predicted octanol–water partition coefficient (Wildman–Crippen LogP) is 6.16. The van der Waals surface area contributed by atoms with Crippen LogP contribution in [0.25, 0.3) is 22.2 Å². The van der Waals surface area contributed by atoms with E-state index in [0.29, 0.717) is 12.5 Å². The van der Waals surface area contributed by atoms with E-state index in [-0.39, 0.29) is 6.42 Å². The van der Waals surface area contributed by atoms with Crippen LogP contribution < -0.4 is 4.74 Å². The van der Waals surface area contributed by atoms with E-state index in [0.717, 1.165) is 39.0 Å². The minimum absolute atomic E-state index is 0.0247. The summed E-state index contributed by atoms with van der Waals surface area (Å²) in [6.45, 7) is 4.79. The molecule has 3 aromatic carbocycles. The number of carboxylic acid groups (broad SMARTS) is 1. The van der Waals surface area contributed by atoms with Crippen LogP contribution in [0, 0.1) is 0 Å². The molecule has 152 valence electrons. The number of rotatable bonds is 7. The highest BCUT2D eigenvalue weighted by atomic mass is 16.5. The molecule has 0 radical (unpaired) electrons. The van der Waals surface area contributed by atoms with Crippen LogP contribution in [0.4, 0.5) is 0 Å². The van der Waals surface area contributed by atoms with Gasteiger partial charge in [0.1, 0.15) is 12.4 Å². The van der Waals surface area contributed by atoms with Crippen molar-refractivity contribution in [3.63, 3.8) is 0 Å². The van der Waals surface area contributed by atoms with Crippen molar-refractivity contribution >= 4 is 16.9 Å². The third-order valence-corrected chi connectivity index (χ3v) is 5.32. The summed E-state index contributed by atoms with van der Waals surface area (Å²) >= 11 is 0. The van der Waals surface area contributed by atoms with Gasteiger partial charge in [-0.25, -0.2) is 0 Å². The Kier molecular flexibility index (Phi) is 5.57. The van der Waals surface area contributed by atoms with Crippen LogP contribution in [0.5, 0.6) is 5.75 Å². The average molecular weight is 399 g/mol. The van der Waals surface area contributed by atoms with E-state index in [1.807, 2.05) is 60.7 Å². The molecule has 0 aliphatic carbocycles. The minimum Gasteiger partial charge on any atom is -0.489 e. The number of carboxylic acids is 1. The van der Waals surface area contributed by atoms with Crippen LogP contribution in [0.3, 0.4) is 0 Å². The summed E-state index contributed by atoms with van der Waals surface area (Å²) in [5.74, 6) is 0.321. The molecule has 0 unspecified atom stereocenters. The second kappa shape index (κ2) is 8.46. The molecule has 0 saturated carbocycles. The van der Waals surface area contributed by atoms with Gasteiger partial charge in [-0.1, -0.05) is 50.2 Å². The number of aliphatic carboxylic acids is 1. The lowest BCUT2D eigenvalue weighted by molar-refractivity contribution is -0.136. The van der Waals surface area contributed by atoms with Crippen LogP contribution in [-0.2, 0) is 17.8 Å². The number of benzene rings is 3. The molecule has 0 aliphatic heterocycles. The summed E-state index contributed by atoms with van der Waals surface area (Å²) in [7, 11) is 0. The second-order valence-electron chi connectivity index (χ2n) is 7.81. The number of nitrogens with one attached hydrogen (secondary N) is 1. The van der Waals surface area contributed by atoms with Gasteiger partial charge < -0.3 is 14.8 Å². The van der Waals surface area contributed by atoms with Crippen molar-refractivity contribution in [3.05, 3.63) is 89.5 Å². The number of fused-ring (bicyclic) bond motifs is 1. The molecule has 0 bridgehead atoms. The third-order valence-electron chi connectivity index (χ3n) is 5.32. The summed E-state index contributed by atoms with van der Waals surface area (Å²) in [4.78, 5) is 15.0. The highest BCUT2D eigenvalue weighted by Crippen LogP contribution is 2.33. The zero-order valence-electron chi connectivity index (χ0n) is 17.2. The topological polar surface area (TPSA) is 62.3 Å². The monoisotopic (exact) mass is 399 g/mol. The van der Waals surface area contributed by atoms with Crippen LogP contribution in [0.2, 0.25) is 0 Å². The molecule has 30 heavy (non-hydrogen) atoms. The zero-order chi connectivity index (χ0) is 21.1. The van der Waals surface area contributed by atoms with Crippen molar-refractivity contribution < 1.29 is 14.6 Å². The van der Waals surface area contributed by atoms with Gasteiger partial charge >= 0.3 is 5.97 Å². The highest BCUT2D eigenvalue weighted by molar-refractivity contribution is 5.94. The maximum atomic E-state index is 11.6. The van der Waals surface area contributed by atoms with Crippen molar-refractivity contribution in [1.29, 1.82) is 0 Å². The van der Waals surface area contributed by atoms with Gasteiger partial charge in [-0.05, 0) is 64.6 Å². The molecule has 0 fully saturated rings. The van der Waals surface area contributed by atoms with E-state index in [9.17, 15) is 9.90 Å². The lowest BCUT2D eigenvalue weighted by Gasteiger charge is -2.08. The molecule has 0 saturated heterocycles. The van der Waals surface area contributed by atoms with E-state index >= 15 is 0 Å². The maximum Gasteiger partial charge on any atom is 0.307 e. The molecular formula is C26H25NO3. The Labute approximate surface area is 176 Å². The smallest absolute Gasteiger partial charge is 0.307 e. The Bertz CT molecular complexity index is 1160. The summed E-state index contributed by atoms with van der Waals surface area (Å²) in [6.07, 6.45) is -0.0247. The van der Waals surface area contributed by atoms with E-state index < -0.39 is 5.97 Å². The van der Waals surface area contributed by atoms with E-state index in [2.05, 4.69) is 31.0 Å². The fraction of sp³-hybridized carbons (Fsp3) is 0.192. The molecule has 1 heterocycles. The third kappa shape index (κ3) is 4.23. The molecule has 4 nitrogen and oxygen atoms in total. The van der Waals surface area contributed by atoms with Crippen LogP contribution in [-0.4, -0.2) is 16.1 Å². The minimum atomic E-state index is -0.838. The molecule has 0 aliphatic rings. The normalized spacial score (nSPS) is 11.2. The van der Waals surface area contributed by atoms with E-state index in [1.165, 1.54) is 5.56 Å². The number of carbonyl (C=O) groups is 1. The molecule has 1 aromatic heterocycles. The first-order valence-corrected chi connectivity index (χ1v) is 10.1. The zero-order valence-corrected chi connectivity index (χ0v) is 17.2. The number of aromatic nitrogens is 1. The largest absolute Gasteiger partial charge is 0.489 e. The van der Waals surface area contributed by atoms with Gasteiger partial charge in [-0.2, -0.15) is 0 Å². The Morgan fingerprint density at radius 1 is 1.00 bits per heavy atom. The first-order valence-electron chi connectivity index (χ1n) is 10.1. The SMILES string of the molecule is CC(C)c1ccc2[nH]c(-c3ccc(OCc4ccccc4)cc3)c(CC(=O)O)c2c1. The summed E-state index contributed by atoms with van der Waals surface area (Å²) in [5.41, 5.74) is 5.88.